The summed E-state index contributed by atoms with van der Waals surface area (Å²) >= 11 is 0. The number of aromatic nitrogens is 2. The molecule has 146 valence electrons. The summed E-state index contributed by atoms with van der Waals surface area (Å²) in [6.07, 6.45) is 1.97. The van der Waals surface area contributed by atoms with E-state index in [2.05, 4.69) is 29.8 Å². The smallest absolute Gasteiger partial charge is 0.249 e. The van der Waals surface area contributed by atoms with Gasteiger partial charge in [-0.3, -0.25) is 4.79 Å². The molecule has 1 aliphatic rings. The Balaban J connectivity index is 0.00000169. The molecule has 8 heteroatoms. The number of rotatable bonds is 6. The first-order chi connectivity index (χ1) is 11.6. The SMILES string of the molecule is CC(C)n1c(CCNC(=O)[C@@H]2CC[C@H](CN)O2)nc2ccccc21.Cl.Cl. The molecule has 1 aromatic heterocycles. The van der Waals surface area contributed by atoms with Crippen LogP contribution in [0.15, 0.2) is 24.3 Å². The first kappa shape index (κ1) is 22.7. The Morgan fingerprint density at radius 3 is 2.73 bits per heavy atom. The largest absolute Gasteiger partial charge is 0.364 e. The normalized spacial score (nSPS) is 19.2. The van der Waals surface area contributed by atoms with Crippen LogP contribution in [0.3, 0.4) is 0 Å². The molecule has 0 radical (unpaired) electrons. The third-order valence-corrected chi connectivity index (χ3v) is 4.50. The quantitative estimate of drug-likeness (QED) is 0.777. The average molecular weight is 403 g/mol. The van der Waals surface area contributed by atoms with Gasteiger partial charge < -0.3 is 20.4 Å². The van der Waals surface area contributed by atoms with Gasteiger partial charge >= 0.3 is 0 Å². The van der Waals surface area contributed by atoms with Crippen molar-refractivity contribution in [2.45, 2.75) is 51.4 Å². The van der Waals surface area contributed by atoms with Gasteiger partial charge in [0.05, 0.1) is 17.1 Å². The van der Waals surface area contributed by atoms with Gasteiger partial charge in [0.15, 0.2) is 0 Å². The van der Waals surface area contributed by atoms with Gasteiger partial charge in [0.2, 0.25) is 5.91 Å². The molecule has 3 N–H and O–H groups in total. The standard InChI is InChI=1S/C18H26N4O2.2ClH/c1-12(2)22-15-6-4-3-5-14(15)21-17(22)9-10-20-18(23)16-8-7-13(11-19)24-16;;/h3-6,12-13,16H,7-11,19H2,1-2H3,(H,20,23);2*1H/t13-,16+;;/m1../s1. The van der Waals surface area contributed by atoms with Gasteiger partial charge in [-0.15, -0.1) is 24.8 Å². The van der Waals surface area contributed by atoms with Crippen molar-refractivity contribution in [3.63, 3.8) is 0 Å². The molecule has 1 saturated heterocycles. The fourth-order valence-electron chi connectivity index (χ4n) is 3.33. The van der Waals surface area contributed by atoms with Crippen LogP contribution in [0.4, 0.5) is 0 Å². The molecule has 1 aromatic carbocycles. The van der Waals surface area contributed by atoms with E-state index >= 15 is 0 Å². The second-order valence-corrected chi connectivity index (χ2v) is 6.58. The van der Waals surface area contributed by atoms with E-state index < -0.39 is 0 Å². The Hall–Kier alpha value is -1.34. The summed E-state index contributed by atoms with van der Waals surface area (Å²) in [5.41, 5.74) is 7.72. The minimum atomic E-state index is -0.359. The topological polar surface area (TPSA) is 82.2 Å². The molecule has 2 atom stereocenters. The summed E-state index contributed by atoms with van der Waals surface area (Å²) in [4.78, 5) is 16.9. The minimum Gasteiger partial charge on any atom is -0.364 e. The van der Waals surface area contributed by atoms with E-state index in [1.165, 1.54) is 0 Å². The summed E-state index contributed by atoms with van der Waals surface area (Å²) in [6.45, 7) is 5.33. The number of para-hydroxylation sites is 2. The van der Waals surface area contributed by atoms with Gasteiger partial charge in [-0.25, -0.2) is 4.98 Å². The lowest BCUT2D eigenvalue weighted by molar-refractivity contribution is -0.131. The van der Waals surface area contributed by atoms with Crippen LogP contribution < -0.4 is 11.1 Å². The van der Waals surface area contributed by atoms with Crippen LogP contribution >= 0.6 is 24.8 Å². The Kier molecular flexibility index (Phi) is 8.83. The lowest BCUT2D eigenvalue weighted by Gasteiger charge is -2.15. The molecule has 26 heavy (non-hydrogen) atoms. The average Bonchev–Trinajstić information content (AvgIpc) is 3.18. The van der Waals surface area contributed by atoms with Crippen molar-refractivity contribution in [3.05, 3.63) is 30.1 Å². The van der Waals surface area contributed by atoms with Crippen molar-refractivity contribution < 1.29 is 9.53 Å². The highest BCUT2D eigenvalue weighted by Crippen LogP contribution is 2.21. The molecular formula is C18H28Cl2N4O2. The number of nitrogens with two attached hydrogens (primary N) is 1. The number of hydrogen-bond acceptors (Lipinski definition) is 4. The van der Waals surface area contributed by atoms with Gasteiger partial charge in [-0.1, -0.05) is 12.1 Å². The highest BCUT2D eigenvalue weighted by atomic mass is 35.5. The predicted octanol–water partition coefficient (Wildman–Crippen LogP) is 2.63. The number of fused-ring (bicyclic) bond motifs is 1. The molecule has 1 fully saturated rings. The fraction of sp³-hybridized carbons (Fsp3) is 0.556. The van der Waals surface area contributed by atoms with E-state index in [1.807, 2.05) is 18.2 Å². The number of imidazole rings is 1. The van der Waals surface area contributed by atoms with Crippen molar-refractivity contribution >= 4 is 41.8 Å². The maximum atomic E-state index is 12.2. The van der Waals surface area contributed by atoms with Crippen molar-refractivity contribution in [1.29, 1.82) is 0 Å². The molecule has 0 saturated carbocycles. The van der Waals surface area contributed by atoms with Gasteiger partial charge in [0.25, 0.3) is 0 Å². The third kappa shape index (κ3) is 4.88. The first-order valence-electron chi connectivity index (χ1n) is 8.69. The molecule has 0 bridgehead atoms. The number of amides is 1. The van der Waals surface area contributed by atoms with Gasteiger partial charge in [0, 0.05) is 25.6 Å². The predicted molar refractivity (Wildman–Crippen MR) is 108 cm³/mol. The second kappa shape index (κ2) is 10.1. The van der Waals surface area contributed by atoms with Crippen LogP contribution in [-0.2, 0) is 16.0 Å². The lowest BCUT2D eigenvalue weighted by atomic mass is 10.2. The fourth-order valence-corrected chi connectivity index (χ4v) is 3.33. The molecular weight excluding hydrogens is 375 g/mol. The minimum absolute atomic E-state index is 0. The van der Waals surface area contributed by atoms with Crippen molar-refractivity contribution in [3.8, 4) is 0 Å². The number of halogens is 2. The second-order valence-electron chi connectivity index (χ2n) is 6.58. The maximum Gasteiger partial charge on any atom is 0.249 e. The van der Waals surface area contributed by atoms with Gasteiger partial charge in [-0.2, -0.15) is 0 Å². The van der Waals surface area contributed by atoms with Crippen LogP contribution in [0, 0.1) is 0 Å². The maximum absolute atomic E-state index is 12.2. The summed E-state index contributed by atoms with van der Waals surface area (Å²) in [5.74, 6) is 0.955. The molecule has 1 amide bonds. The molecule has 2 heterocycles. The third-order valence-electron chi connectivity index (χ3n) is 4.50. The zero-order chi connectivity index (χ0) is 17.1. The highest BCUT2D eigenvalue weighted by molar-refractivity contribution is 5.85. The number of hydrogen-bond donors (Lipinski definition) is 2. The zero-order valence-electron chi connectivity index (χ0n) is 15.2. The van der Waals surface area contributed by atoms with E-state index in [9.17, 15) is 4.79 Å². The highest BCUT2D eigenvalue weighted by Gasteiger charge is 2.29. The molecule has 6 nitrogen and oxygen atoms in total. The lowest BCUT2D eigenvalue weighted by Crippen LogP contribution is -2.36. The number of benzene rings is 1. The van der Waals surface area contributed by atoms with E-state index in [4.69, 9.17) is 15.5 Å². The molecule has 0 spiro atoms. The van der Waals surface area contributed by atoms with E-state index in [0.717, 1.165) is 29.7 Å². The number of carbonyl (C=O) groups is 1. The summed E-state index contributed by atoms with van der Waals surface area (Å²) in [6, 6.07) is 8.46. The van der Waals surface area contributed by atoms with Gasteiger partial charge in [-0.05, 0) is 38.8 Å². The van der Waals surface area contributed by atoms with Crippen LogP contribution in [-0.4, -0.2) is 40.8 Å². The van der Waals surface area contributed by atoms with Crippen LogP contribution in [0.25, 0.3) is 11.0 Å². The summed E-state index contributed by atoms with van der Waals surface area (Å²) in [7, 11) is 0. The molecule has 3 rings (SSSR count). The monoisotopic (exact) mass is 402 g/mol. The molecule has 0 aliphatic carbocycles. The zero-order valence-corrected chi connectivity index (χ0v) is 16.8. The first-order valence-corrected chi connectivity index (χ1v) is 8.69. The van der Waals surface area contributed by atoms with E-state index in [1.54, 1.807) is 0 Å². The van der Waals surface area contributed by atoms with Crippen LogP contribution in [0.2, 0.25) is 0 Å². The Morgan fingerprint density at radius 1 is 1.35 bits per heavy atom. The number of nitrogens with one attached hydrogen (secondary N) is 1. The molecule has 0 unspecified atom stereocenters. The van der Waals surface area contributed by atoms with Crippen molar-refractivity contribution in [1.82, 2.24) is 14.9 Å². The Morgan fingerprint density at radius 2 is 2.08 bits per heavy atom. The molecule has 1 aliphatic heterocycles. The number of nitrogens with zero attached hydrogens (tertiary/aromatic N) is 2. The number of carbonyl (C=O) groups excluding carboxylic acids is 1. The summed E-state index contributed by atoms with van der Waals surface area (Å²) in [5, 5.41) is 2.97. The van der Waals surface area contributed by atoms with Gasteiger partial charge in [0.1, 0.15) is 11.9 Å². The van der Waals surface area contributed by atoms with E-state index in [0.29, 0.717) is 25.6 Å². The Labute approximate surface area is 166 Å². The van der Waals surface area contributed by atoms with Crippen molar-refractivity contribution in [2.24, 2.45) is 5.73 Å². The van der Waals surface area contributed by atoms with Crippen molar-refractivity contribution in [2.75, 3.05) is 13.1 Å². The Bertz CT molecular complexity index is 720. The van der Waals surface area contributed by atoms with E-state index in [-0.39, 0.29) is 42.9 Å². The van der Waals surface area contributed by atoms with Crippen LogP contribution in [0.1, 0.15) is 38.6 Å². The number of ether oxygens (including phenoxy) is 1. The van der Waals surface area contributed by atoms with Crippen LogP contribution in [0.5, 0.6) is 0 Å². The summed E-state index contributed by atoms with van der Waals surface area (Å²) < 4.78 is 7.86. The molecule has 2 aromatic rings.